The van der Waals surface area contributed by atoms with Gasteiger partial charge in [0.2, 0.25) is 0 Å². The fourth-order valence-corrected chi connectivity index (χ4v) is 2.04. The van der Waals surface area contributed by atoms with Gasteiger partial charge in [-0.25, -0.2) is 0 Å². The summed E-state index contributed by atoms with van der Waals surface area (Å²) in [6.45, 7) is 0. The molecule has 18 heavy (non-hydrogen) atoms. The fraction of sp³-hybridized carbons (Fsp3) is 0.300. The first-order valence-electron chi connectivity index (χ1n) is 4.96. The zero-order valence-corrected chi connectivity index (χ0v) is 9.75. The first-order chi connectivity index (χ1) is 8.31. The van der Waals surface area contributed by atoms with Gasteiger partial charge >= 0.3 is 15.6 Å². The van der Waals surface area contributed by atoms with Gasteiger partial charge in [0, 0.05) is 11.8 Å². The summed E-state index contributed by atoms with van der Waals surface area (Å²) in [6, 6.07) is 2.97. The highest BCUT2D eigenvalue weighted by molar-refractivity contribution is 7.87. The number of hydrogen-bond donors (Lipinski definition) is 0. The topological polar surface area (TPSA) is 56.3 Å². The molecule has 4 nitrogen and oxygen atoms in total. The number of aryl methyl sites for hydroxylation is 1. The summed E-state index contributed by atoms with van der Waals surface area (Å²) >= 11 is 0. The standard InChI is InChI=1S/C10H8F3NO3S/c11-10(12,13)18(15,16)17-9-5-1-4-8-7(9)3-2-6-14-8/h2-3,5-6H,1,4H2. The molecule has 0 N–H and O–H groups in total. The molecule has 1 aromatic rings. The molecule has 0 saturated carbocycles. The van der Waals surface area contributed by atoms with E-state index in [1.54, 1.807) is 0 Å². The van der Waals surface area contributed by atoms with Gasteiger partial charge in [0.1, 0.15) is 5.76 Å². The third-order valence-electron chi connectivity index (χ3n) is 2.35. The number of fused-ring (bicyclic) bond motifs is 1. The first-order valence-corrected chi connectivity index (χ1v) is 6.37. The molecule has 1 aliphatic rings. The lowest BCUT2D eigenvalue weighted by atomic mass is 10.0. The van der Waals surface area contributed by atoms with Crippen LogP contribution in [0.4, 0.5) is 13.2 Å². The number of nitrogens with zero attached hydrogens (tertiary/aromatic N) is 1. The zero-order valence-electron chi connectivity index (χ0n) is 8.94. The zero-order chi connectivity index (χ0) is 13.4. The van der Waals surface area contributed by atoms with Crippen LogP contribution in [0.5, 0.6) is 0 Å². The molecule has 0 saturated heterocycles. The number of halogens is 3. The number of rotatable bonds is 2. The molecular weight excluding hydrogens is 271 g/mol. The molecule has 0 radical (unpaired) electrons. The van der Waals surface area contributed by atoms with Crippen LogP contribution in [0, 0.1) is 0 Å². The summed E-state index contributed by atoms with van der Waals surface area (Å²) in [5.41, 5.74) is -4.64. The van der Waals surface area contributed by atoms with Gasteiger partial charge in [-0.3, -0.25) is 4.98 Å². The summed E-state index contributed by atoms with van der Waals surface area (Å²) in [5, 5.41) is 0. The van der Waals surface area contributed by atoms with Gasteiger partial charge in [-0.05, 0) is 31.1 Å². The highest BCUT2D eigenvalue weighted by atomic mass is 32.2. The van der Waals surface area contributed by atoms with Gasteiger partial charge in [-0.15, -0.1) is 0 Å². The van der Waals surface area contributed by atoms with Crippen molar-refractivity contribution in [1.82, 2.24) is 4.98 Å². The van der Waals surface area contributed by atoms with Crippen LogP contribution < -0.4 is 0 Å². The number of alkyl halides is 3. The lowest BCUT2D eigenvalue weighted by Crippen LogP contribution is -2.25. The Bertz CT molecular complexity index is 593. The van der Waals surface area contributed by atoms with Crippen LogP contribution in [0.15, 0.2) is 24.4 Å². The second kappa shape index (κ2) is 4.27. The summed E-state index contributed by atoms with van der Waals surface area (Å²) in [7, 11) is -5.64. The minimum absolute atomic E-state index is 0.275. The van der Waals surface area contributed by atoms with Crippen molar-refractivity contribution in [2.45, 2.75) is 18.3 Å². The van der Waals surface area contributed by atoms with E-state index in [4.69, 9.17) is 0 Å². The Kier molecular flexibility index (Phi) is 3.05. The van der Waals surface area contributed by atoms with Crippen LogP contribution in [-0.4, -0.2) is 18.9 Å². The van der Waals surface area contributed by atoms with E-state index in [2.05, 4.69) is 9.17 Å². The summed E-state index contributed by atoms with van der Waals surface area (Å²) in [6.07, 6.45) is 3.72. The van der Waals surface area contributed by atoms with Crippen LogP contribution in [-0.2, 0) is 20.7 Å². The summed E-state index contributed by atoms with van der Waals surface area (Å²) < 4.78 is 62.6. The van der Waals surface area contributed by atoms with Crippen molar-refractivity contribution in [3.05, 3.63) is 35.7 Å². The molecule has 0 atom stereocenters. The van der Waals surface area contributed by atoms with E-state index in [0.717, 1.165) is 0 Å². The molecule has 98 valence electrons. The van der Waals surface area contributed by atoms with Gasteiger partial charge < -0.3 is 4.18 Å². The molecule has 0 fully saturated rings. The summed E-state index contributed by atoms with van der Waals surface area (Å²) in [5.74, 6) is -0.318. The lowest BCUT2D eigenvalue weighted by molar-refractivity contribution is -0.0509. The average Bonchev–Trinajstić information content (AvgIpc) is 2.27. The molecule has 2 rings (SSSR count). The monoisotopic (exact) mass is 279 g/mol. The Labute approximate surface area is 101 Å². The molecule has 0 aromatic carbocycles. The van der Waals surface area contributed by atoms with Crippen molar-refractivity contribution < 1.29 is 25.8 Å². The van der Waals surface area contributed by atoms with Crippen LogP contribution in [0.2, 0.25) is 0 Å². The molecule has 0 aliphatic heterocycles. The maximum atomic E-state index is 12.2. The number of hydrogen-bond acceptors (Lipinski definition) is 4. The van der Waals surface area contributed by atoms with Crippen molar-refractivity contribution in [1.29, 1.82) is 0 Å². The Balaban J connectivity index is 2.35. The van der Waals surface area contributed by atoms with E-state index in [1.807, 2.05) is 0 Å². The molecule has 1 heterocycles. The Hall–Kier alpha value is -1.57. The normalized spacial score (nSPS) is 15.8. The van der Waals surface area contributed by atoms with E-state index in [-0.39, 0.29) is 11.3 Å². The largest absolute Gasteiger partial charge is 0.534 e. The Morgan fingerprint density at radius 2 is 2.06 bits per heavy atom. The van der Waals surface area contributed by atoms with Crippen molar-refractivity contribution in [2.75, 3.05) is 0 Å². The van der Waals surface area contributed by atoms with Gasteiger partial charge in [-0.1, -0.05) is 0 Å². The van der Waals surface area contributed by atoms with Crippen molar-refractivity contribution in [2.24, 2.45) is 0 Å². The minimum atomic E-state index is -5.64. The SMILES string of the molecule is O=S(=O)(OC1=CCCc2ncccc21)C(F)(F)F. The van der Waals surface area contributed by atoms with Crippen LogP contribution in [0.1, 0.15) is 17.7 Å². The Morgan fingerprint density at radius 3 is 2.72 bits per heavy atom. The quantitative estimate of drug-likeness (QED) is 0.615. The second-order valence-electron chi connectivity index (χ2n) is 3.59. The van der Waals surface area contributed by atoms with Crippen LogP contribution >= 0.6 is 0 Å². The van der Waals surface area contributed by atoms with Gasteiger partial charge in [0.25, 0.3) is 0 Å². The lowest BCUT2D eigenvalue weighted by Gasteiger charge is -2.17. The molecule has 0 bridgehead atoms. The highest BCUT2D eigenvalue weighted by Gasteiger charge is 2.49. The third-order valence-corrected chi connectivity index (χ3v) is 3.32. The van der Waals surface area contributed by atoms with E-state index < -0.39 is 15.6 Å². The van der Waals surface area contributed by atoms with Gasteiger partial charge in [-0.2, -0.15) is 21.6 Å². The molecule has 1 aliphatic carbocycles. The van der Waals surface area contributed by atoms with Crippen molar-refractivity contribution in [3.8, 4) is 0 Å². The highest BCUT2D eigenvalue weighted by Crippen LogP contribution is 2.32. The van der Waals surface area contributed by atoms with Crippen LogP contribution in [0.3, 0.4) is 0 Å². The first kappa shape index (κ1) is 12.9. The minimum Gasteiger partial charge on any atom is -0.376 e. The van der Waals surface area contributed by atoms with E-state index in [1.165, 1.54) is 24.4 Å². The number of aromatic nitrogens is 1. The molecule has 1 aromatic heterocycles. The molecule has 0 spiro atoms. The number of allylic oxidation sites excluding steroid dienone is 1. The molecule has 0 unspecified atom stereocenters. The second-order valence-corrected chi connectivity index (χ2v) is 5.13. The van der Waals surface area contributed by atoms with E-state index >= 15 is 0 Å². The smallest absolute Gasteiger partial charge is 0.376 e. The maximum Gasteiger partial charge on any atom is 0.534 e. The van der Waals surface area contributed by atoms with E-state index in [0.29, 0.717) is 18.5 Å². The molecule has 8 heteroatoms. The van der Waals surface area contributed by atoms with Crippen molar-refractivity contribution in [3.63, 3.8) is 0 Å². The fourth-order valence-electron chi connectivity index (χ4n) is 1.56. The number of pyridine rings is 1. The maximum absolute atomic E-state index is 12.2. The van der Waals surface area contributed by atoms with Gasteiger partial charge in [0.05, 0.1) is 5.69 Å². The predicted molar refractivity (Wildman–Crippen MR) is 56.6 cm³/mol. The predicted octanol–water partition coefficient (Wildman–Crippen LogP) is 2.23. The molecule has 0 amide bonds. The van der Waals surface area contributed by atoms with Crippen molar-refractivity contribution >= 4 is 15.9 Å². The van der Waals surface area contributed by atoms with Crippen LogP contribution in [0.25, 0.3) is 5.76 Å². The third kappa shape index (κ3) is 2.33. The Morgan fingerprint density at radius 1 is 1.33 bits per heavy atom. The summed E-state index contributed by atoms with van der Waals surface area (Å²) in [4.78, 5) is 3.96. The van der Waals surface area contributed by atoms with Gasteiger partial charge in [0.15, 0.2) is 0 Å². The molecular formula is C10H8F3NO3S. The van der Waals surface area contributed by atoms with E-state index in [9.17, 15) is 21.6 Å². The average molecular weight is 279 g/mol.